The van der Waals surface area contributed by atoms with Crippen molar-refractivity contribution in [1.29, 1.82) is 0 Å². The van der Waals surface area contributed by atoms with Crippen molar-refractivity contribution < 1.29 is 18.3 Å². The summed E-state index contributed by atoms with van der Waals surface area (Å²) in [4.78, 5) is 14.7. The molecule has 0 fully saturated rings. The van der Waals surface area contributed by atoms with Crippen LogP contribution in [-0.2, 0) is 16.0 Å². The van der Waals surface area contributed by atoms with Crippen LogP contribution in [0, 0.1) is 6.92 Å². The van der Waals surface area contributed by atoms with Crippen LogP contribution >= 0.6 is 0 Å². The minimum atomic E-state index is -2.69. The lowest BCUT2D eigenvalue weighted by molar-refractivity contribution is -0.139. The fourth-order valence-electron chi connectivity index (χ4n) is 1.32. The Morgan fingerprint density at radius 2 is 2.25 bits per heavy atom. The molecule has 88 valence electrons. The van der Waals surface area contributed by atoms with Crippen molar-refractivity contribution in [2.45, 2.75) is 19.8 Å². The van der Waals surface area contributed by atoms with Crippen LogP contribution in [0.15, 0.2) is 6.20 Å². The number of carbonyl (C=O) groups excluding carboxylic acids is 1. The molecule has 0 aliphatic heterocycles. The molecule has 1 aromatic heterocycles. The van der Waals surface area contributed by atoms with Gasteiger partial charge >= 0.3 is 5.97 Å². The fourth-order valence-corrected chi connectivity index (χ4v) is 1.32. The minimum absolute atomic E-state index is 0.142. The number of esters is 1. The van der Waals surface area contributed by atoms with Gasteiger partial charge in [0.2, 0.25) is 0 Å². The van der Waals surface area contributed by atoms with E-state index in [0.717, 1.165) is 6.20 Å². The van der Waals surface area contributed by atoms with Gasteiger partial charge in [-0.2, -0.15) is 0 Å². The van der Waals surface area contributed by atoms with E-state index >= 15 is 0 Å². The van der Waals surface area contributed by atoms with E-state index in [9.17, 15) is 13.6 Å². The normalized spacial score (nSPS) is 10.6. The largest absolute Gasteiger partial charge is 0.469 e. The van der Waals surface area contributed by atoms with E-state index in [1.165, 1.54) is 7.11 Å². The summed E-state index contributed by atoms with van der Waals surface area (Å²) in [7, 11) is 1.20. The van der Waals surface area contributed by atoms with E-state index in [-0.39, 0.29) is 23.4 Å². The number of hydrogen-bond donors (Lipinski definition) is 1. The Kier molecular flexibility index (Phi) is 3.76. The number of aromatic nitrogens is 1. The lowest BCUT2D eigenvalue weighted by Gasteiger charge is -2.12. The Morgan fingerprint density at radius 1 is 1.62 bits per heavy atom. The molecule has 0 saturated heterocycles. The number of alkyl halides is 2. The van der Waals surface area contributed by atoms with Crippen LogP contribution in [0.2, 0.25) is 0 Å². The van der Waals surface area contributed by atoms with Crippen molar-refractivity contribution in [3.63, 3.8) is 0 Å². The molecule has 16 heavy (non-hydrogen) atoms. The summed E-state index contributed by atoms with van der Waals surface area (Å²) >= 11 is 0. The highest BCUT2D eigenvalue weighted by Crippen LogP contribution is 2.27. The summed E-state index contributed by atoms with van der Waals surface area (Å²) in [5.74, 6) is -0.445. The average Bonchev–Trinajstić information content (AvgIpc) is 2.24. The highest BCUT2D eigenvalue weighted by molar-refractivity contribution is 5.74. The maximum Gasteiger partial charge on any atom is 0.310 e. The lowest BCUT2D eigenvalue weighted by atomic mass is 10.0. The molecule has 0 radical (unpaired) electrons. The molecule has 2 N–H and O–H groups in total. The molecule has 0 bridgehead atoms. The third kappa shape index (κ3) is 2.44. The molecule has 0 aromatic carbocycles. The highest BCUT2D eigenvalue weighted by Gasteiger charge is 2.19. The predicted octanol–water partition coefficient (Wildman–Crippen LogP) is 1.63. The first kappa shape index (κ1) is 12.4. The molecule has 1 rings (SSSR count). The first-order valence-electron chi connectivity index (χ1n) is 4.56. The van der Waals surface area contributed by atoms with Crippen molar-refractivity contribution in [2.75, 3.05) is 12.8 Å². The van der Waals surface area contributed by atoms with Crippen LogP contribution < -0.4 is 5.73 Å². The Balaban J connectivity index is 3.20. The van der Waals surface area contributed by atoms with E-state index in [2.05, 4.69) is 9.72 Å². The van der Waals surface area contributed by atoms with Gasteiger partial charge in [0.1, 0.15) is 5.82 Å². The van der Waals surface area contributed by atoms with Gasteiger partial charge in [0.05, 0.1) is 13.5 Å². The van der Waals surface area contributed by atoms with Crippen molar-refractivity contribution in [2.24, 2.45) is 0 Å². The third-order valence-electron chi connectivity index (χ3n) is 2.31. The summed E-state index contributed by atoms with van der Waals surface area (Å²) in [6.45, 7) is 1.55. The number of halogens is 2. The molecule has 0 atom stereocenters. The van der Waals surface area contributed by atoms with E-state index in [0.29, 0.717) is 5.56 Å². The van der Waals surface area contributed by atoms with E-state index in [1.807, 2.05) is 0 Å². The first-order chi connectivity index (χ1) is 7.47. The average molecular weight is 230 g/mol. The maximum absolute atomic E-state index is 12.7. The molecule has 1 aromatic rings. The molecule has 6 heteroatoms. The second-order valence-corrected chi connectivity index (χ2v) is 3.26. The molecule has 0 aliphatic rings. The number of nitrogens with two attached hydrogens (primary N) is 1. The second kappa shape index (κ2) is 4.87. The summed E-state index contributed by atoms with van der Waals surface area (Å²) < 4.78 is 29.8. The van der Waals surface area contributed by atoms with Gasteiger partial charge in [-0.15, -0.1) is 0 Å². The standard InChI is InChI=1S/C10H12F2N2O2/c1-5-6(3-8(15)16-2)7(9(11)12)4-14-10(5)13/h4,9H,3H2,1-2H3,(H2,13,14). The van der Waals surface area contributed by atoms with Crippen molar-refractivity contribution in [1.82, 2.24) is 4.98 Å². The zero-order chi connectivity index (χ0) is 12.3. The molecule has 0 spiro atoms. The zero-order valence-corrected chi connectivity index (χ0v) is 8.96. The number of carbonyl (C=O) groups is 1. The van der Waals surface area contributed by atoms with Gasteiger partial charge in [0.15, 0.2) is 0 Å². The van der Waals surface area contributed by atoms with Crippen LogP contribution in [0.5, 0.6) is 0 Å². The monoisotopic (exact) mass is 230 g/mol. The van der Waals surface area contributed by atoms with Crippen LogP contribution in [0.3, 0.4) is 0 Å². The molecule has 1 heterocycles. The third-order valence-corrected chi connectivity index (χ3v) is 2.31. The Labute approximate surface area is 91.4 Å². The van der Waals surface area contributed by atoms with Gasteiger partial charge in [-0.1, -0.05) is 0 Å². The summed E-state index contributed by atoms with van der Waals surface area (Å²) in [6.07, 6.45) is -1.92. The smallest absolute Gasteiger partial charge is 0.310 e. The van der Waals surface area contributed by atoms with Gasteiger partial charge in [-0.3, -0.25) is 4.79 Å². The quantitative estimate of drug-likeness (QED) is 0.801. The molecular formula is C10H12F2N2O2. The van der Waals surface area contributed by atoms with Crippen LogP contribution in [0.25, 0.3) is 0 Å². The zero-order valence-electron chi connectivity index (χ0n) is 8.96. The number of hydrogen-bond acceptors (Lipinski definition) is 4. The fraction of sp³-hybridized carbons (Fsp3) is 0.400. The Hall–Kier alpha value is -1.72. The van der Waals surface area contributed by atoms with Crippen molar-refractivity contribution in [3.8, 4) is 0 Å². The summed E-state index contributed by atoms with van der Waals surface area (Å²) in [6, 6.07) is 0. The van der Waals surface area contributed by atoms with Crippen molar-refractivity contribution in [3.05, 3.63) is 22.9 Å². The van der Waals surface area contributed by atoms with Crippen molar-refractivity contribution >= 4 is 11.8 Å². The van der Waals surface area contributed by atoms with Crippen LogP contribution in [-0.4, -0.2) is 18.1 Å². The number of nitrogen functional groups attached to an aromatic ring is 1. The number of rotatable bonds is 3. The number of anilines is 1. The topological polar surface area (TPSA) is 65.2 Å². The molecule has 0 aliphatic carbocycles. The number of methoxy groups -OCH3 is 1. The van der Waals surface area contributed by atoms with Gasteiger partial charge in [0, 0.05) is 11.8 Å². The van der Waals surface area contributed by atoms with E-state index in [1.54, 1.807) is 6.92 Å². The number of nitrogens with zero attached hydrogens (tertiary/aromatic N) is 1. The SMILES string of the molecule is COC(=O)Cc1c(C(F)F)cnc(N)c1C. The van der Waals surface area contributed by atoms with Gasteiger partial charge in [-0.25, -0.2) is 13.8 Å². The molecular weight excluding hydrogens is 218 g/mol. The molecule has 0 amide bonds. The number of ether oxygens (including phenoxy) is 1. The Morgan fingerprint density at radius 3 is 2.75 bits per heavy atom. The van der Waals surface area contributed by atoms with Crippen LogP contribution in [0.4, 0.5) is 14.6 Å². The van der Waals surface area contributed by atoms with Gasteiger partial charge in [-0.05, 0) is 18.1 Å². The molecule has 0 unspecified atom stereocenters. The van der Waals surface area contributed by atoms with Crippen LogP contribution in [0.1, 0.15) is 23.1 Å². The minimum Gasteiger partial charge on any atom is -0.469 e. The summed E-state index contributed by atoms with van der Waals surface area (Å²) in [5.41, 5.74) is 5.80. The number of pyridine rings is 1. The molecule has 4 nitrogen and oxygen atoms in total. The first-order valence-corrected chi connectivity index (χ1v) is 4.56. The molecule has 0 saturated carbocycles. The summed E-state index contributed by atoms with van der Waals surface area (Å²) in [5, 5.41) is 0. The Bertz CT molecular complexity index is 408. The highest BCUT2D eigenvalue weighted by atomic mass is 19.3. The maximum atomic E-state index is 12.7. The van der Waals surface area contributed by atoms with E-state index < -0.39 is 12.4 Å². The predicted molar refractivity (Wildman–Crippen MR) is 54.1 cm³/mol. The van der Waals surface area contributed by atoms with Gasteiger partial charge in [0.25, 0.3) is 6.43 Å². The van der Waals surface area contributed by atoms with Gasteiger partial charge < -0.3 is 10.5 Å². The van der Waals surface area contributed by atoms with E-state index in [4.69, 9.17) is 5.73 Å². The second-order valence-electron chi connectivity index (χ2n) is 3.26. The lowest BCUT2D eigenvalue weighted by Crippen LogP contribution is -2.11.